The number of rotatable bonds is 16. The zero-order chi connectivity index (χ0) is 38.5. The van der Waals surface area contributed by atoms with E-state index in [1.807, 2.05) is 109 Å². The van der Waals surface area contributed by atoms with Gasteiger partial charge in [0.2, 0.25) is 5.91 Å². The van der Waals surface area contributed by atoms with Crippen molar-refractivity contribution in [3.63, 3.8) is 0 Å². The SMILES string of the molecule is CNC(=O)O[C@@H](CSC(c1ccccc1)(c1ccccc1)c1ccccc1)C(=O)N[C@@H](CSC(c1ccccc1)(c1ccccc1)c1ccccc1)C(N)=O. The van der Waals surface area contributed by atoms with Gasteiger partial charge in [-0.05, 0) is 33.4 Å². The first-order valence-corrected chi connectivity index (χ1v) is 19.9. The molecule has 278 valence electrons. The third kappa shape index (κ3) is 8.80. The van der Waals surface area contributed by atoms with Gasteiger partial charge in [-0.3, -0.25) is 9.59 Å². The van der Waals surface area contributed by atoms with Gasteiger partial charge in [0, 0.05) is 18.6 Å². The van der Waals surface area contributed by atoms with Crippen molar-refractivity contribution in [1.29, 1.82) is 0 Å². The summed E-state index contributed by atoms with van der Waals surface area (Å²) in [4.78, 5) is 40.3. The largest absolute Gasteiger partial charge is 0.435 e. The van der Waals surface area contributed by atoms with Gasteiger partial charge in [-0.25, -0.2) is 4.79 Å². The highest BCUT2D eigenvalue weighted by atomic mass is 32.2. The van der Waals surface area contributed by atoms with Crippen molar-refractivity contribution < 1.29 is 19.1 Å². The van der Waals surface area contributed by atoms with Crippen LogP contribution >= 0.6 is 23.5 Å². The summed E-state index contributed by atoms with van der Waals surface area (Å²) in [5.74, 6) is -1.16. The van der Waals surface area contributed by atoms with Gasteiger partial charge in [-0.1, -0.05) is 182 Å². The first kappa shape index (κ1) is 38.9. The zero-order valence-corrected chi connectivity index (χ0v) is 32.0. The molecule has 4 N–H and O–H groups in total. The van der Waals surface area contributed by atoms with Crippen LogP contribution in [0.1, 0.15) is 33.4 Å². The molecule has 0 saturated heterocycles. The van der Waals surface area contributed by atoms with E-state index in [0.717, 1.165) is 33.4 Å². The smallest absolute Gasteiger partial charge is 0.407 e. The van der Waals surface area contributed by atoms with Crippen LogP contribution in [0.4, 0.5) is 4.79 Å². The molecule has 55 heavy (non-hydrogen) atoms. The summed E-state index contributed by atoms with van der Waals surface area (Å²) in [6.45, 7) is 0. The Hall–Kier alpha value is -5.77. The average molecular weight is 766 g/mol. The van der Waals surface area contributed by atoms with Gasteiger partial charge in [0.1, 0.15) is 6.04 Å². The van der Waals surface area contributed by atoms with E-state index in [1.54, 1.807) is 0 Å². The van der Waals surface area contributed by atoms with Crippen LogP contribution in [0.2, 0.25) is 0 Å². The Balaban J connectivity index is 1.34. The molecule has 0 radical (unpaired) electrons. The second-order valence-corrected chi connectivity index (χ2v) is 15.3. The summed E-state index contributed by atoms with van der Waals surface area (Å²) in [7, 11) is 1.44. The number of carbonyl (C=O) groups is 3. The van der Waals surface area contributed by atoms with Crippen molar-refractivity contribution >= 4 is 41.4 Å². The van der Waals surface area contributed by atoms with Crippen molar-refractivity contribution in [3.8, 4) is 0 Å². The number of ether oxygens (including phenoxy) is 1. The van der Waals surface area contributed by atoms with Gasteiger partial charge < -0.3 is 21.1 Å². The molecule has 7 nitrogen and oxygen atoms in total. The van der Waals surface area contributed by atoms with E-state index < -0.39 is 39.5 Å². The second kappa shape index (κ2) is 18.5. The van der Waals surface area contributed by atoms with E-state index in [4.69, 9.17) is 10.5 Å². The molecule has 2 atom stereocenters. The molecule has 6 aromatic rings. The number of thioether (sulfide) groups is 2. The monoisotopic (exact) mass is 765 g/mol. The third-order valence-corrected chi connectivity index (χ3v) is 12.7. The Morgan fingerprint density at radius 2 is 0.818 bits per heavy atom. The molecular formula is C46H43N3O4S2. The van der Waals surface area contributed by atoms with Gasteiger partial charge in [-0.15, -0.1) is 23.5 Å². The van der Waals surface area contributed by atoms with Crippen LogP contribution in [0.3, 0.4) is 0 Å². The van der Waals surface area contributed by atoms with E-state index in [9.17, 15) is 14.4 Å². The Morgan fingerprint density at radius 1 is 0.527 bits per heavy atom. The minimum absolute atomic E-state index is 0.0541. The molecule has 0 heterocycles. The number of amides is 3. The number of hydrogen-bond acceptors (Lipinski definition) is 6. The van der Waals surface area contributed by atoms with Crippen LogP contribution in [-0.4, -0.2) is 48.6 Å². The van der Waals surface area contributed by atoms with Crippen LogP contribution in [0.25, 0.3) is 0 Å². The number of nitrogens with one attached hydrogen (secondary N) is 2. The van der Waals surface area contributed by atoms with Crippen molar-refractivity contribution in [2.45, 2.75) is 21.6 Å². The second-order valence-electron chi connectivity index (χ2n) is 12.8. The standard InChI is InChI=1S/C46H43N3O4S2/c1-48-44(52)53-41(33-55-46(37-26-14-5-15-27-37,38-28-16-6-17-29-38)39-30-18-7-19-31-39)43(51)49-40(42(47)50)32-54-45(34-20-8-2-9-21-34,35-22-10-3-11-23-35)36-24-12-4-13-25-36/h2-31,40-41H,32-33H2,1H3,(H2,47,50)(H,48,52)(H,49,51)/t40-,41-/m0/s1. The van der Waals surface area contributed by atoms with Gasteiger partial charge >= 0.3 is 6.09 Å². The number of primary amides is 1. The highest BCUT2D eigenvalue weighted by Gasteiger charge is 2.41. The highest BCUT2D eigenvalue weighted by Crippen LogP contribution is 2.50. The molecule has 0 saturated carbocycles. The Labute approximate surface area is 331 Å². The molecule has 0 unspecified atom stereocenters. The van der Waals surface area contributed by atoms with Crippen LogP contribution in [0.5, 0.6) is 0 Å². The maximum absolute atomic E-state index is 14.3. The maximum atomic E-state index is 14.3. The minimum atomic E-state index is -1.28. The number of alkyl carbamates (subject to hydrolysis) is 1. The summed E-state index contributed by atoms with van der Waals surface area (Å²) < 4.78 is 4.22. The molecule has 6 aromatic carbocycles. The highest BCUT2D eigenvalue weighted by molar-refractivity contribution is 8.01. The molecule has 9 heteroatoms. The predicted molar refractivity (Wildman–Crippen MR) is 224 cm³/mol. The fourth-order valence-electron chi connectivity index (χ4n) is 6.76. The summed E-state index contributed by atoms with van der Waals surface area (Å²) in [5.41, 5.74) is 12.0. The molecule has 0 aliphatic rings. The van der Waals surface area contributed by atoms with E-state index in [0.29, 0.717) is 0 Å². The molecule has 0 fully saturated rings. The first-order valence-electron chi connectivity index (χ1n) is 18.0. The fourth-order valence-corrected chi connectivity index (χ4v) is 9.86. The first-order chi connectivity index (χ1) is 26.9. The lowest BCUT2D eigenvalue weighted by molar-refractivity contribution is -0.132. The average Bonchev–Trinajstić information content (AvgIpc) is 3.25. The molecule has 0 aromatic heterocycles. The Kier molecular flexibility index (Phi) is 13.1. The quantitative estimate of drug-likeness (QED) is 0.0859. The Bertz CT molecular complexity index is 1930. The summed E-state index contributed by atoms with van der Waals surface area (Å²) >= 11 is 2.98. The van der Waals surface area contributed by atoms with E-state index in [-0.39, 0.29) is 11.5 Å². The number of nitrogens with two attached hydrogens (primary N) is 1. The lowest BCUT2D eigenvalue weighted by Gasteiger charge is -2.37. The number of benzene rings is 6. The van der Waals surface area contributed by atoms with E-state index >= 15 is 0 Å². The summed E-state index contributed by atoms with van der Waals surface area (Å²) in [5, 5.41) is 5.35. The molecular weight excluding hydrogens is 723 g/mol. The molecule has 6 rings (SSSR count). The van der Waals surface area contributed by atoms with Crippen molar-refractivity contribution in [2.75, 3.05) is 18.6 Å². The number of carbonyl (C=O) groups excluding carboxylic acids is 3. The van der Waals surface area contributed by atoms with Crippen molar-refractivity contribution in [2.24, 2.45) is 5.73 Å². The van der Waals surface area contributed by atoms with Crippen molar-refractivity contribution in [1.82, 2.24) is 10.6 Å². The molecule has 0 aliphatic carbocycles. The van der Waals surface area contributed by atoms with E-state index in [2.05, 4.69) is 83.4 Å². The van der Waals surface area contributed by atoms with Gasteiger partial charge in [0.05, 0.1) is 9.49 Å². The molecule has 3 amide bonds. The maximum Gasteiger partial charge on any atom is 0.407 e. The zero-order valence-electron chi connectivity index (χ0n) is 30.4. The molecule has 0 aliphatic heterocycles. The van der Waals surface area contributed by atoms with Gasteiger partial charge in [-0.2, -0.15) is 0 Å². The minimum Gasteiger partial charge on any atom is -0.435 e. The van der Waals surface area contributed by atoms with E-state index in [1.165, 1.54) is 30.6 Å². The van der Waals surface area contributed by atoms with Crippen LogP contribution < -0.4 is 16.4 Å². The lowest BCUT2D eigenvalue weighted by Crippen LogP contribution is -2.52. The number of hydrogen-bond donors (Lipinski definition) is 3. The van der Waals surface area contributed by atoms with Crippen molar-refractivity contribution in [3.05, 3.63) is 215 Å². The molecule has 0 bridgehead atoms. The van der Waals surface area contributed by atoms with Crippen LogP contribution in [0, 0.1) is 0 Å². The third-order valence-electron chi connectivity index (χ3n) is 9.41. The van der Waals surface area contributed by atoms with Crippen LogP contribution in [-0.2, 0) is 23.8 Å². The fraction of sp³-hybridized carbons (Fsp3) is 0.152. The topological polar surface area (TPSA) is 111 Å². The lowest BCUT2D eigenvalue weighted by atomic mass is 9.84. The summed E-state index contributed by atoms with van der Waals surface area (Å²) in [6, 6.07) is 59.2. The predicted octanol–water partition coefficient (Wildman–Crippen LogP) is 8.13. The Morgan fingerprint density at radius 3 is 1.09 bits per heavy atom. The normalized spacial score (nSPS) is 12.5. The van der Waals surface area contributed by atoms with Crippen LogP contribution in [0.15, 0.2) is 182 Å². The van der Waals surface area contributed by atoms with Gasteiger partial charge in [0.15, 0.2) is 6.10 Å². The van der Waals surface area contributed by atoms with Gasteiger partial charge in [0.25, 0.3) is 5.91 Å². The summed E-state index contributed by atoms with van der Waals surface area (Å²) in [6.07, 6.45) is -2.05. The molecule has 0 spiro atoms.